The van der Waals surface area contributed by atoms with Crippen LogP contribution >= 0.6 is 15.6 Å². The minimum absolute atomic E-state index is 0.108. The van der Waals surface area contributed by atoms with Crippen molar-refractivity contribution in [2.45, 2.75) is 451 Å². The molecule has 0 heterocycles. The Morgan fingerprint density at radius 2 is 0.460 bits per heavy atom. The zero-order valence-electron chi connectivity index (χ0n) is 65.3. The Labute approximate surface area is 613 Å². The summed E-state index contributed by atoms with van der Waals surface area (Å²) in [6.45, 7) is 7.33. The van der Waals surface area contributed by atoms with Crippen molar-refractivity contribution in [2.24, 2.45) is 5.92 Å². The molecule has 5 atom stereocenters. The third-order valence-electron chi connectivity index (χ3n) is 19.0. The summed E-state index contributed by atoms with van der Waals surface area (Å²) in [5.74, 6) is -1.30. The number of phosphoric acid groups is 2. The second-order valence-electron chi connectivity index (χ2n) is 29.6. The summed E-state index contributed by atoms with van der Waals surface area (Å²) in [6.07, 6.45) is 65.4. The molecule has 0 amide bonds. The van der Waals surface area contributed by atoms with Gasteiger partial charge in [-0.1, -0.05) is 381 Å². The van der Waals surface area contributed by atoms with Crippen LogP contribution in [-0.2, 0) is 65.4 Å². The van der Waals surface area contributed by atoms with Crippen LogP contribution in [0.25, 0.3) is 0 Å². The number of carbonyl (C=O) groups is 4. The smallest absolute Gasteiger partial charge is 0.462 e. The fourth-order valence-corrected chi connectivity index (χ4v) is 14.2. The molecular weight excluding hydrogens is 1310 g/mol. The molecule has 17 nitrogen and oxygen atoms in total. The first-order valence-electron chi connectivity index (χ1n) is 42.1. The van der Waals surface area contributed by atoms with Gasteiger partial charge >= 0.3 is 39.5 Å². The number of phosphoric ester groups is 2. The van der Waals surface area contributed by atoms with Crippen molar-refractivity contribution < 1.29 is 80.2 Å². The van der Waals surface area contributed by atoms with Crippen LogP contribution < -0.4 is 0 Å². The lowest BCUT2D eigenvalue weighted by molar-refractivity contribution is -0.161. The van der Waals surface area contributed by atoms with Gasteiger partial charge in [0, 0.05) is 25.7 Å². The van der Waals surface area contributed by atoms with E-state index in [0.29, 0.717) is 25.7 Å². The fourth-order valence-electron chi connectivity index (χ4n) is 12.6. The molecular formula is C81H158O17P2. The summed E-state index contributed by atoms with van der Waals surface area (Å²) in [6, 6.07) is 0. The van der Waals surface area contributed by atoms with Crippen LogP contribution in [0.2, 0.25) is 0 Å². The molecule has 0 aliphatic heterocycles. The monoisotopic (exact) mass is 1470 g/mol. The zero-order chi connectivity index (χ0) is 73.4. The quantitative estimate of drug-likeness (QED) is 0.0222. The Bertz CT molecular complexity index is 1910. The van der Waals surface area contributed by atoms with Gasteiger partial charge in [-0.25, -0.2) is 9.13 Å². The normalized spacial score (nSPS) is 13.8. The molecule has 0 bridgehead atoms. The Balaban J connectivity index is 5.17. The number of unbranched alkanes of at least 4 members (excludes halogenated alkanes) is 53. The zero-order valence-corrected chi connectivity index (χ0v) is 67.1. The molecule has 0 saturated heterocycles. The molecule has 0 aliphatic rings. The van der Waals surface area contributed by atoms with Crippen molar-refractivity contribution in [1.29, 1.82) is 0 Å². The Morgan fingerprint density at radius 3 is 0.680 bits per heavy atom. The van der Waals surface area contributed by atoms with Gasteiger partial charge in [-0.05, 0) is 31.6 Å². The van der Waals surface area contributed by atoms with Gasteiger partial charge < -0.3 is 33.8 Å². The van der Waals surface area contributed by atoms with Gasteiger partial charge in [0.2, 0.25) is 0 Å². The molecule has 0 radical (unpaired) electrons. The van der Waals surface area contributed by atoms with Crippen LogP contribution in [0.4, 0.5) is 0 Å². The van der Waals surface area contributed by atoms with Crippen LogP contribution in [0.15, 0.2) is 0 Å². The van der Waals surface area contributed by atoms with E-state index in [4.69, 9.17) is 37.0 Å². The van der Waals surface area contributed by atoms with E-state index in [-0.39, 0.29) is 25.7 Å². The van der Waals surface area contributed by atoms with E-state index in [1.807, 2.05) is 0 Å². The van der Waals surface area contributed by atoms with Crippen molar-refractivity contribution in [3.63, 3.8) is 0 Å². The number of hydrogen-bond donors (Lipinski definition) is 3. The van der Waals surface area contributed by atoms with Gasteiger partial charge in [0.25, 0.3) is 0 Å². The number of rotatable bonds is 81. The molecule has 0 aromatic heterocycles. The first-order valence-corrected chi connectivity index (χ1v) is 45.1. The van der Waals surface area contributed by atoms with Gasteiger partial charge in [0.1, 0.15) is 19.3 Å². The minimum atomic E-state index is -4.96. The molecule has 2 unspecified atom stereocenters. The fraction of sp³-hybridized carbons (Fsp3) is 0.951. The number of ether oxygens (including phenoxy) is 4. The van der Waals surface area contributed by atoms with Gasteiger partial charge in [0.15, 0.2) is 12.2 Å². The predicted octanol–water partition coefficient (Wildman–Crippen LogP) is 24.4. The Morgan fingerprint density at radius 1 is 0.270 bits per heavy atom. The highest BCUT2D eigenvalue weighted by molar-refractivity contribution is 7.47. The van der Waals surface area contributed by atoms with Crippen molar-refractivity contribution in [3.05, 3.63) is 0 Å². The largest absolute Gasteiger partial charge is 0.472 e. The van der Waals surface area contributed by atoms with Crippen molar-refractivity contribution in [3.8, 4) is 0 Å². The molecule has 0 saturated carbocycles. The molecule has 100 heavy (non-hydrogen) atoms. The Kier molecular flexibility index (Phi) is 72.5. The van der Waals surface area contributed by atoms with Gasteiger partial charge in [-0.2, -0.15) is 0 Å². The van der Waals surface area contributed by atoms with Gasteiger partial charge in [-0.3, -0.25) is 37.3 Å². The first kappa shape index (κ1) is 98.1. The summed E-state index contributed by atoms with van der Waals surface area (Å²) < 4.78 is 68.6. The maximum atomic E-state index is 13.1. The molecule has 0 aromatic rings. The Hall–Kier alpha value is -1.94. The number of hydrogen-bond acceptors (Lipinski definition) is 15. The van der Waals surface area contributed by atoms with Gasteiger partial charge in [-0.15, -0.1) is 0 Å². The average Bonchev–Trinajstić information content (AvgIpc) is 0.927. The van der Waals surface area contributed by atoms with Crippen LogP contribution in [0.3, 0.4) is 0 Å². The molecule has 19 heteroatoms. The van der Waals surface area contributed by atoms with Crippen molar-refractivity contribution >= 4 is 39.5 Å². The van der Waals surface area contributed by atoms with E-state index >= 15 is 0 Å². The molecule has 594 valence electrons. The summed E-state index contributed by atoms with van der Waals surface area (Å²) in [5.41, 5.74) is 0. The number of aliphatic hydroxyl groups is 1. The lowest BCUT2D eigenvalue weighted by Gasteiger charge is -2.21. The lowest BCUT2D eigenvalue weighted by atomic mass is 10.0. The summed E-state index contributed by atoms with van der Waals surface area (Å²) in [4.78, 5) is 72.9. The SMILES string of the molecule is CCCCCCCCCCCCCCCCCCCCCCCC(=O)O[C@H](COC(=O)CCCCCCCCCCCCCCCCCCC(C)C)COP(=O)(O)OC[C@@H](O)COP(=O)(O)OC[C@@H](COC(=O)CCCCCCCCCC)OC(=O)CCCCCCCCCCCCCC. The average molecular weight is 1470 g/mol. The highest BCUT2D eigenvalue weighted by atomic mass is 31.2. The van der Waals surface area contributed by atoms with Crippen LogP contribution in [0.1, 0.15) is 433 Å². The second kappa shape index (κ2) is 73.9. The summed E-state index contributed by atoms with van der Waals surface area (Å²) >= 11 is 0. The second-order valence-corrected chi connectivity index (χ2v) is 32.5. The predicted molar refractivity (Wildman–Crippen MR) is 409 cm³/mol. The summed E-state index contributed by atoms with van der Waals surface area (Å²) in [5, 5.41) is 10.6. The number of esters is 4. The van der Waals surface area contributed by atoms with Gasteiger partial charge in [0.05, 0.1) is 26.4 Å². The van der Waals surface area contributed by atoms with Crippen LogP contribution in [0.5, 0.6) is 0 Å². The van der Waals surface area contributed by atoms with Crippen LogP contribution in [0, 0.1) is 5.92 Å². The van der Waals surface area contributed by atoms with E-state index in [0.717, 1.165) is 102 Å². The highest BCUT2D eigenvalue weighted by Crippen LogP contribution is 2.45. The molecule has 0 aromatic carbocycles. The van der Waals surface area contributed by atoms with Crippen molar-refractivity contribution in [1.82, 2.24) is 0 Å². The highest BCUT2D eigenvalue weighted by Gasteiger charge is 2.30. The standard InChI is InChI=1S/C81H158O17P2/c1-6-9-12-15-18-21-23-25-26-27-28-29-30-31-36-39-43-47-52-57-62-67-81(86)98-77(71-92-79(84)65-60-55-50-45-42-38-35-33-32-34-37-40-44-48-53-58-63-74(4)5)73-96-100(89,90)94-69-75(82)68-93-99(87,88)95-72-76(70-91-78(83)64-59-54-49-20-17-14-11-8-3)97-80(85)66-61-56-51-46-41-24-22-19-16-13-10-7-2/h74-77,82H,6-73H2,1-5H3,(H,87,88)(H,89,90)/t75-,76+,77+/m0/s1. The minimum Gasteiger partial charge on any atom is -0.462 e. The van der Waals surface area contributed by atoms with E-state index in [1.54, 1.807) is 0 Å². The number of aliphatic hydroxyl groups excluding tert-OH is 1. The summed E-state index contributed by atoms with van der Waals surface area (Å²) in [7, 11) is -9.91. The molecule has 0 spiro atoms. The molecule has 3 N–H and O–H groups in total. The maximum Gasteiger partial charge on any atom is 0.472 e. The van der Waals surface area contributed by atoms with E-state index < -0.39 is 97.5 Å². The number of carbonyl (C=O) groups excluding carboxylic acids is 4. The maximum absolute atomic E-state index is 13.1. The topological polar surface area (TPSA) is 237 Å². The molecule has 0 rings (SSSR count). The lowest BCUT2D eigenvalue weighted by Crippen LogP contribution is -2.30. The molecule has 0 aliphatic carbocycles. The third kappa shape index (κ3) is 74.3. The van der Waals surface area contributed by atoms with E-state index in [1.165, 1.54) is 250 Å². The third-order valence-corrected chi connectivity index (χ3v) is 20.9. The first-order chi connectivity index (χ1) is 48.5. The van der Waals surface area contributed by atoms with Crippen LogP contribution in [-0.4, -0.2) is 96.7 Å². The van der Waals surface area contributed by atoms with E-state index in [2.05, 4.69) is 34.6 Å². The van der Waals surface area contributed by atoms with Crippen molar-refractivity contribution in [2.75, 3.05) is 39.6 Å². The van der Waals surface area contributed by atoms with E-state index in [9.17, 15) is 43.2 Å². The molecule has 0 fully saturated rings.